The number of hydrogen-bond acceptors (Lipinski definition) is 2. The van der Waals surface area contributed by atoms with Gasteiger partial charge in [-0.3, -0.25) is 4.79 Å². The number of carbonyl (C=O) groups is 1. The molecule has 0 amide bonds. The molecule has 1 aliphatic heterocycles. The third-order valence-corrected chi connectivity index (χ3v) is 3.42. The molecule has 1 unspecified atom stereocenters. The Morgan fingerprint density at radius 2 is 2.47 bits per heavy atom. The number of imidazole rings is 1. The van der Waals surface area contributed by atoms with E-state index < -0.39 is 5.97 Å². The quantitative estimate of drug-likeness (QED) is 0.894. The minimum Gasteiger partial charge on any atom is -0.481 e. The van der Waals surface area contributed by atoms with Gasteiger partial charge in [0.25, 0.3) is 0 Å². The lowest BCUT2D eigenvalue weighted by molar-refractivity contribution is -0.136. The lowest BCUT2D eigenvalue weighted by Crippen LogP contribution is -2.20. The Bertz CT molecular complexity index is 400. The van der Waals surface area contributed by atoms with Crippen LogP contribution in [0.2, 0.25) is 0 Å². The van der Waals surface area contributed by atoms with Crippen LogP contribution >= 0.6 is 15.9 Å². The Morgan fingerprint density at radius 3 is 3.13 bits per heavy atom. The fourth-order valence-corrected chi connectivity index (χ4v) is 2.63. The molecule has 0 bridgehead atoms. The first kappa shape index (κ1) is 10.7. The van der Waals surface area contributed by atoms with Crippen LogP contribution in [0, 0.1) is 5.92 Å². The molecule has 4 nitrogen and oxygen atoms in total. The number of carboxylic acids is 1. The standard InChI is InChI=1S/C10H13BrN2O2/c1-6-2-3-7-10(11)12-8(4-9(14)15)13(7)5-6/h6H,2-5H2,1H3,(H,14,15). The fourth-order valence-electron chi connectivity index (χ4n) is 2.02. The number of halogens is 1. The zero-order chi connectivity index (χ0) is 11.0. The molecule has 0 aliphatic carbocycles. The molecule has 2 rings (SSSR count). The van der Waals surface area contributed by atoms with Crippen LogP contribution in [-0.2, 0) is 24.2 Å². The van der Waals surface area contributed by atoms with Crippen LogP contribution in [0.15, 0.2) is 4.60 Å². The Labute approximate surface area is 96.4 Å². The Kier molecular flexibility index (Phi) is 2.82. The number of carboxylic acid groups (broad SMARTS) is 1. The fraction of sp³-hybridized carbons (Fsp3) is 0.600. The molecular weight excluding hydrogens is 260 g/mol. The van der Waals surface area contributed by atoms with Gasteiger partial charge >= 0.3 is 5.97 Å². The van der Waals surface area contributed by atoms with E-state index in [0.29, 0.717) is 11.7 Å². The van der Waals surface area contributed by atoms with Gasteiger partial charge in [0.2, 0.25) is 0 Å². The molecule has 2 heterocycles. The zero-order valence-corrected chi connectivity index (χ0v) is 10.1. The van der Waals surface area contributed by atoms with Gasteiger partial charge in [0.1, 0.15) is 16.8 Å². The van der Waals surface area contributed by atoms with Crippen molar-refractivity contribution in [1.82, 2.24) is 9.55 Å². The van der Waals surface area contributed by atoms with Crippen molar-refractivity contribution in [3.8, 4) is 0 Å². The van der Waals surface area contributed by atoms with Crippen LogP contribution in [0.4, 0.5) is 0 Å². The lowest BCUT2D eigenvalue weighted by atomic mass is 10.0. The van der Waals surface area contributed by atoms with Crippen molar-refractivity contribution >= 4 is 21.9 Å². The van der Waals surface area contributed by atoms with Crippen molar-refractivity contribution in [2.24, 2.45) is 5.92 Å². The molecule has 1 N–H and O–H groups in total. The van der Waals surface area contributed by atoms with Crippen molar-refractivity contribution < 1.29 is 9.90 Å². The van der Waals surface area contributed by atoms with Gasteiger partial charge in [-0.05, 0) is 34.7 Å². The van der Waals surface area contributed by atoms with Gasteiger partial charge in [-0.15, -0.1) is 0 Å². The van der Waals surface area contributed by atoms with E-state index in [-0.39, 0.29) is 6.42 Å². The summed E-state index contributed by atoms with van der Waals surface area (Å²) in [6.45, 7) is 3.07. The maximum absolute atomic E-state index is 10.7. The van der Waals surface area contributed by atoms with E-state index in [4.69, 9.17) is 5.11 Å². The first-order valence-electron chi connectivity index (χ1n) is 5.03. The van der Waals surface area contributed by atoms with Gasteiger partial charge in [0.05, 0.1) is 5.69 Å². The maximum atomic E-state index is 10.7. The molecule has 1 aromatic heterocycles. The average molecular weight is 273 g/mol. The van der Waals surface area contributed by atoms with Crippen molar-refractivity contribution in [2.45, 2.75) is 32.7 Å². The Balaban J connectivity index is 2.36. The lowest BCUT2D eigenvalue weighted by Gasteiger charge is -2.22. The van der Waals surface area contributed by atoms with Gasteiger partial charge in [-0.1, -0.05) is 6.92 Å². The summed E-state index contributed by atoms with van der Waals surface area (Å²) in [6, 6.07) is 0. The van der Waals surface area contributed by atoms with E-state index in [2.05, 4.69) is 27.8 Å². The van der Waals surface area contributed by atoms with Gasteiger partial charge in [0.15, 0.2) is 0 Å². The third kappa shape index (κ3) is 2.07. The number of aliphatic carboxylic acids is 1. The first-order chi connectivity index (χ1) is 7.08. The van der Waals surface area contributed by atoms with Crippen molar-refractivity contribution in [2.75, 3.05) is 0 Å². The average Bonchev–Trinajstić information content (AvgIpc) is 2.42. The van der Waals surface area contributed by atoms with Gasteiger partial charge in [-0.2, -0.15) is 0 Å². The summed E-state index contributed by atoms with van der Waals surface area (Å²) in [6.07, 6.45) is 2.14. The van der Waals surface area contributed by atoms with Crippen molar-refractivity contribution in [3.05, 3.63) is 16.1 Å². The van der Waals surface area contributed by atoms with Crippen LogP contribution in [0.5, 0.6) is 0 Å². The van der Waals surface area contributed by atoms with Crippen LogP contribution in [0.25, 0.3) is 0 Å². The molecule has 0 aromatic carbocycles. The first-order valence-corrected chi connectivity index (χ1v) is 5.82. The molecule has 1 aliphatic rings. The van der Waals surface area contributed by atoms with Gasteiger partial charge in [-0.25, -0.2) is 4.98 Å². The van der Waals surface area contributed by atoms with Gasteiger partial charge < -0.3 is 9.67 Å². The zero-order valence-electron chi connectivity index (χ0n) is 8.53. The van der Waals surface area contributed by atoms with Crippen LogP contribution in [0.3, 0.4) is 0 Å². The molecule has 5 heteroatoms. The minimum atomic E-state index is -0.825. The highest BCUT2D eigenvalue weighted by Gasteiger charge is 2.22. The van der Waals surface area contributed by atoms with Crippen LogP contribution in [0.1, 0.15) is 24.9 Å². The molecule has 0 saturated heterocycles. The summed E-state index contributed by atoms with van der Waals surface area (Å²) >= 11 is 3.39. The summed E-state index contributed by atoms with van der Waals surface area (Å²) in [7, 11) is 0. The summed E-state index contributed by atoms with van der Waals surface area (Å²) < 4.78 is 2.86. The number of hydrogen-bond donors (Lipinski definition) is 1. The van der Waals surface area contributed by atoms with Crippen molar-refractivity contribution in [3.63, 3.8) is 0 Å². The second-order valence-corrected chi connectivity index (χ2v) is 4.84. The SMILES string of the molecule is CC1CCc2c(Br)nc(CC(=O)O)n2C1. The number of nitrogens with zero attached hydrogens (tertiary/aromatic N) is 2. The normalized spacial score (nSPS) is 20.0. The summed E-state index contributed by atoms with van der Waals surface area (Å²) in [4.78, 5) is 14.9. The molecular formula is C10H13BrN2O2. The maximum Gasteiger partial charge on any atom is 0.311 e. The molecule has 0 spiro atoms. The predicted octanol–water partition coefficient (Wildman–Crippen LogP) is 1.85. The molecule has 0 radical (unpaired) electrons. The van der Waals surface area contributed by atoms with E-state index in [0.717, 1.165) is 29.7 Å². The molecule has 1 atom stereocenters. The number of fused-ring (bicyclic) bond motifs is 1. The molecule has 15 heavy (non-hydrogen) atoms. The van der Waals surface area contributed by atoms with E-state index in [9.17, 15) is 4.79 Å². The third-order valence-electron chi connectivity index (χ3n) is 2.78. The predicted molar refractivity (Wildman–Crippen MR) is 58.8 cm³/mol. The molecule has 1 aromatic rings. The largest absolute Gasteiger partial charge is 0.481 e. The summed E-state index contributed by atoms with van der Waals surface area (Å²) in [5, 5.41) is 8.78. The topological polar surface area (TPSA) is 55.1 Å². The molecule has 0 saturated carbocycles. The summed E-state index contributed by atoms with van der Waals surface area (Å²) in [5.74, 6) is 0.440. The van der Waals surface area contributed by atoms with E-state index >= 15 is 0 Å². The van der Waals surface area contributed by atoms with E-state index in [1.807, 2.05) is 4.57 Å². The summed E-state index contributed by atoms with van der Waals surface area (Å²) in [5.41, 5.74) is 1.14. The van der Waals surface area contributed by atoms with E-state index in [1.165, 1.54) is 0 Å². The highest BCUT2D eigenvalue weighted by Crippen LogP contribution is 2.27. The van der Waals surface area contributed by atoms with Crippen molar-refractivity contribution in [1.29, 1.82) is 0 Å². The minimum absolute atomic E-state index is 0.00528. The van der Waals surface area contributed by atoms with Crippen LogP contribution in [-0.4, -0.2) is 20.6 Å². The number of aromatic nitrogens is 2. The monoisotopic (exact) mass is 272 g/mol. The second-order valence-electron chi connectivity index (χ2n) is 4.09. The highest BCUT2D eigenvalue weighted by molar-refractivity contribution is 9.10. The van der Waals surface area contributed by atoms with E-state index in [1.54, 1.807) is 0 Å². The molecule has 82 valence electrons. The van der Waals surface area contributed by atoms with Gasteiger partial charge in [0, 0.05) is 6.54 Å². The second kappa shape index (κ2) is 3.96. The highest BCUT2D eigenvalue weighted by atomic mass is 79.9. The molecule has 0 fully saturated rings. The Hall–Kier alpha value is -0.840. The van der Waals surface area contributed by atoms with Crippen LogP contribution < -0.4 is 0 Å². The Morgan fingerprint density at radius 1 is 1.73 bits per heavy atom. The number of rotatable bonds is 2. The smallest absolute Gasteiger partial charge is 0.311 e.